The normalized spacial score (nSPS) is 11.7. The Hall–Kier alpha value is -5.54. The lowest BCUT2D eigenvalue weighted by Gasteiger charge is -2.14. The minimum atomic E-state index is -0.523. The van der Waals surface area contributed by atoms with E-state index in [0.29, 0.717) is 35.1 Å². The second-order valence-electron chi connectivity index (χ2n) is 10.1. The van der Waals surface area contributed by atoms with Gasteiger partial charge < -0.3 is 25.1 Å². The number of anilines is 2. The fourth-order valence-corrected chi connectivity index (χ4v) is 5.26. The molecule has 3 amide bonds. The summed E-state index contributed by atoms with van der Waals surface area (Å²) in [6.45, 7) is 4.32. The first-order chi connectivity index (χ1) is 22.4. The zero-order valence-corrected chi connectivity index (χ0v) is 26.2. The fraction of sp³-hybridized carbons (Fsp3) is 0.108. The van der Waals surface area contributed by atoms with E-state index in [4.69, 9.17) is 9.15 Å². The third-order valence-corrected chi connectivity index (χ3v) is 7.84. The van der Waals surface area contributed by atoms with Crippen molar-refractivity contribution in [2.24, 2.45) is 0 Å². The Labute approximate surface area is 271 Å². The molecule has 0 aliphatic carbocycles. The van der Waals surface area contributed by atoms with Gasteiger partial charge in [0, 0.05) is 33.5 Å². The number of ether oxygens (including phenoxy) is 1. The highest BCUT2D eigenvalue weighted by Gasteiger charge is 2.18. The molecule has 0 aliphatic rings. The van der Waals surface area contributed by atoms with E-state index in [1.54, 1.807) is 54.6 Å². The number of hydrogen-bond acceptors (Lipinski definition) is 6. The zero-order chi connectivity index (χ0) is 32.3. The van der Waals surface area contributed by atoms with Crippen LogP contribution in [0.2, 0.25) is 0 Å². The third kappa shape index (κ3) is 8.77. The van der Waals surface area contributed by atoms with Gasteiger partial charge in [-0.3, -0.25) is 14.4 Å². The summed E-state index contributed by atoms with van der Waals surface area (Å²) >= 11 is 1.39. The molecule has 0 bridgehead atoms. The summed E-state index contributed by atoms with van der Waals surface area (Å²) in [5.74, 6) is 0.697. The highest BCUT2D eigenvalue weighted by atomic mass is 32.2. The second-order valence-corrected chi connectivity index (χ2v) is 11.5. The largest absolute Gasteiger partial charge is 0.494 e. The van der Waals surface area contributed by atoms with E-state index in [9.17, 15) is 14.4 Å². The number of carbonyl (C=O) groups excluding carboxylic acids is 3. The maximum Gasteiger partial charge on any atom is 0.272 e. The van der Waals surface area contributed by atoms with E-state index >= 15 is 0 Å². The van der Waals surface area contributed by atoms with E-state index in [1.165, 1.54) is 17.8 Å². The maximum atomic E-state index is 13.4. The Morgan fingerprint density at radius 2 is 1.41 bits per heavy atom. The average molecular weight is 632 g/mol. The number of furan rings is 1. The van der Waals surface area contributed by atoms with Crippen LogP contribution >= 0.6 is 11.8 Å². The Morgan fingerprint density at radius 3 is 2.09 bits per heavy atom. The summed E-state index contributed by atoms with van der Waals surface area (Å²) in [6, 6.07) is 36.2. The van der Waals surface area contributed by atoms with Crippen molar-refractivity contribution in [1.29, 1.82) is 0 Å². The summed E-state index contributed by atoms with van der Waals surface area (Å²) in [5.41, 5.74) is 2.52. The van der Waals surface area contributed by atoms with Crippen molar-refractivity contribution in [3.8, 4) is 17.1 Å². The van der Waals surface area contributed by atoms with Crippen molar-refractivity contribution < 1.29 is 23.5 Å². The van der Waals surface area contributed by atoms with Crippen molar-refractivity contribution in [2.45, 2.75) is 24.0 Å². The molecule has 1 atom stereocenters. The summed E-state index contributed by atoms with van der Waals surface area (Å²) in [5, 5.41) is 8.12. The van der Waals surface area contributed by atoms with E-state index in [-0.39, 0.29) is 16.9 Å². The van der Waals surface area contributed by atoms with Gasteiger partial charge in [0.2, 0.25) is 5.91 Å². The first kappa shape index (κ1) is 31.9. The molecule has 8 nitrogen and oxygen atoms in total. The first-order valence-corrected chi connectivity index (χ1v) is 15.6. The van der Waals surface area contributed by atoms with Crippen molar-refractivity contribution in [3.05, 3.63) is 138 Å². The Balaban J connectivity index is 1.25. The quantitative estimate of drug-likeness (QED) is 0.0955. The topological polar surface area (TPSA) is 110 Å². The van der Waals surface area contributed by atoms with Crippen LogP contribution in [-0.2, 0) is 9.59 Å². The fourth-order valence-electron chi connectivity index (χ4n) is 4.39. The molecule has 0 spiro atoms. The van der Waals surface area contributed by atoms with E-state index in [0.717, 1.165) is 16.2 Å². The molecule has 0 saturated heterocycles. The summed E-state index contributed by atoms with van der Waals surface area (Å²) < 4.78 is 11.4. The molecule has 4 aromatic carbocycles. The van der Waals surface area contributed by atoms with Gasteiger partial charge in [-0.1, -0.05) is 48.5 Å². The molecule has 5 aromatic rings. The molecule has 46 heavy (non-hydrogen) atoms. The molecule has 1 aromatic heterocycles. The van der Waals surface area contributed by atoms with Gasteiger partial charge in [-0.25, -0.2) is 0 Å². The average Bonchev–Trinajstić information content (AvgIpc) is 3.55. The van der Waals surface area contributed by atoms with Gasteiger partial charge in [-0.2, -0.15) is 0 Å². The standard InChI is InChI=1S/C37H33N3O5S/c1-3-44-30-18-14-28(15-19-30)38-35(41)25(2)46-32-21-16-29(17-22-32)39-37(43)33(40-36(42)27-12-8-5-9-13-27)24-31-20-23-34(45-31)26-10-6-4-7-11-26/h4-25H,3H2,1-2H3,(H,38,41)(H,39,43)(H,40,42). The molecule has 1 heterocycles. The monoisotopic (exact) mass is 631 g/mol. The van der Waals surface area contributed by atoms with Crippen LogP contribution in [0.1, 0.15) is 30.0 Å². The van der Waals surface area contributed by atoms with Crippen LogP contribution in [0.15, 0.2) is 136 Å². The molecule has 5 rings (SSSR count). The predicted molar refractivity (Wildman–Crippen MR) is 183 cm³/mol. The van der Waals surface area contributed by atoms with Crippen LogP contribution in [0.3, 0.4) is 0 Å². The number of amides is 3. The van der Waals surface area contributed by atoms with Crippen LogP contribution in [0, 0.1) is 0 Å². The number of nitrogens with one attached hydrogen (secondary N) is 3. The lowest BCUT2D eigenvalue weighted by Crippen LogP contribution is -2.30. The molecule has 232 valence electrons. The van der Waals surface area contributed by atoms with Crippen molar-refractivity contribution in [3.63, 3.8) is 0 Å². The van der Waals surface area contributed by atoms with Gasteiger partial charge in [0.15, 0.2) is 0 Å². The molecular formula is C37H33N3O5S. The third-order valence-electron chi connectivity index (χ3n) is 6.73. The molecule has 0 saturated carbocycles. The highest BCUT2D eigenvalue weighted by molar-refractivity contribution is 8.00. The molecule has 0 aliphatic heterocycles. The SMILES string of the molecule is CCOc1ccc(NC(=O)C(C)Sc2ccc(NC(=O)C(=Cc3ccc(-c4ccccc4)o3)NC(=O)c3ccccc3)cc2)cc1. The Morgan fingerprint density at radius 1 is 0.783 bits per heavy atom. The van der Waals surface area contributed by atoms with E-state index in [1.807, 2.05) is 80.6 Å². The molecule has 0 radical (unpaired) electrons. The summed E-state index contributed by atoms with van der Waals surface area (Å²) in [7, 11) is 0. The van der Waals surface area contributed by atoms with Crippen LogP contribution in [0.5, 0.6) is 5.75 Å². The second kappa shape index (κ2) is 15.5. The van der Waals surface area contributed by atoms with Crippen molar-refractivity contribution in [1.82, 2.24) is 5.32 Å². The minimum Gasteiger partial charge on any atom is -0.494 e. The van der Waals surface area contributed by atoms with E-state index in [2.05, 4.69) is 16.0 Å². The molecule has 1 unspecified atom stereocenters. The van der Waals surface area contributed by atoms with Crippen LogP contribution < -0.4 is 20.7 Å². The Kier molecular flexibility index (Phi) is 10.7. The zero-order valence-electron chi connectivity index (χ0n) is 25.4. The number of benzene rings is 4. The molecular weight excluding hydrogens is 598 g/mol. The first-order valence-electron chi connectivity index (χ1n) is 14.7. The van der Waals surface area contributed by atoms with Gasteiger partial charge in [-0.15, -0.1) is 11.8 Å². The lowest BCUT2D eigenvalue weighted by atomic mass is 10.2. The lowest BCUT2D eigenvalue weighted by molar-refractivity contribution is -0.115. The number of hydrogen-bond donors (Lipinski definition) is 3. The van der Waals surface area contributed by atoms with Gasteiger partial charge >= 0.3 is 0 Å². The summed E-state index contributed by atoms with van der Waals surface area (Å²) in [4.78, 5) is 40.0. The highest BCUT2D eigenvalue weighted by Crippen LogP contribution is 2.27. The van der Waals surface area contributed by atoms with Gasteiger partial charge in [-0.05, 0) is 86.6 Å². The Bertz CT molecular complexity index is 1800. The van der Waals surface area contributed by atoms with Crippen molar-refractivity contribution in [2.75, 3.05) is 17.2 Å². The van der Waals surface area contributed by atoms with Crippen molar-refractivity contribution >= 4 is 46.9 Å². The van der Waals surface area contributed by atoms with Crippen LogP contribution in [0.25, 0.3) is 17.4 Å². The van der Waals surface area contributed by atoms with Crippen LogP contribution in [-0.4, -0.2) is 29.6 Å². The van der Waals surface area contributed by atoms with Gasteiger partial charge in [0.05, 0.1) is 11.9 Å². The smallest absolute Gasteiger partial charge is 0.272 e. The molecule has 3 N–H and O–H groups in total. The van der Waals surface area contributed by atoms with Gasteiger partial charge in [0.25, 0.3) is 11.8 Å². The molecule has 9 heteroatoms. The predicted octanol–water partition coefficient (Wildman–Crippen LogP) is 7.87. The number of rotatable bonds is 12. The van der Waals surface area contributed by atoms with E-state index < -0.39 is 11.8 Å². The molecule has 0 fully saturated rings. The van der Waals surface area contributed by atoms with Gasteiger partial charge in [0.1, 0.15) is 23.0 Å². The summed E-state index contributed by atoms with van der Waals surface area (Å²) in [6.07, 6.45) is 1.50. The minimum absolute atomic E-state index is 0.0147. The number of thioether (sulfide) groups is 1. The van der Waals surface area contributed by atoms with Crippen LogP contribution in [0.4, 0.5) is 11.4 Å². The maximum absolute atomic E-state index is 13.4. The number of carbonyl (C=O) groups is 3.